The molecule has 2 unspecified atom stereocenters. The fraction of sp³-hybridized carbons (Fsp3) is 0.490. The number of nitrogens with one attached hydrogen (secondary N) is 1. The molecule has 1 aliphatic heterocycles. The quantitative estimate of drug-likeness (QED) is 0.101. The van der Waals surface area contributed by atoms with Crippen LogP contribution in [0, 0.1) is 142 Å². The van der Waals surface area contributed by atoms with Gasteiger partial charge in [-0.1, -0.05) is 89.9 Å². The van der Waals surface area contributed by atoms with Crippen molar-refractivity contribution < 1.29 is 39.1 Å². The molecule has 0 aromatic carbocycles. The molecule has 1 fully saturated rings. The maximum Gasteiger partial charge on any atom is 0.297 e. The molecule has 0 spiro atoms. The number of amides is 1. The SMILES string of the molecule is CC#CC#CC#CC#CC#CC#CC#CC#CC#CC#CC#CC#CC(=O)N[C@@H](CO[C@H]1OC(CO)[C@H](O)[C@H](O)C1O)[C@H](F)CCCCCCCCCCCCCC. The van der Waals surface area contributed by atoms with E-state index in [9.17, 15) is 25.2 Å². The van der Waals surface area contributed by atoms with Crippen LogP contribution >= 0.6 is 0 Å². The Morgan fingerprint density at radius 2 is 1.00 bits per heavy atom. The van der Waals surface area contributed by atoms with Gasteiger partial charge in [-0.15, -0.1) is 0 Å². The van der Waals surface area contributed by atoms with Crippen molar-refractivity contribution in [1.29, 1.82) is 0 Å². The summed E-state index contributed by atoms with van der Waals surface area (Å²) in [4.78, 5) is 12.6. The van der Waals surface area contributed by atoms with Crippen molar-refractivity contribution in [3.63, 3.8) is 0 Å². The molecule has 0 aromatic heterocycles. The zero-order valence-electron chi connectivity index (χ0n) is 33.0. The molecule has 58 heavy (non-hydrogen) atoms. The number of aliphatic hydroxyl groups excluding tert-OH is 4. The van der Waals surface area contributed by atoms with Gasteiger partial charge in [0.2, 0.25) is 0 Å². The summed E-state index contributed by atoms with van der Waals surface area (Å²) in [6.07, 6.45) is 4.52. The number of carbonyl (C=O) groups excluding carboxylic acids is 1. The molecular formula is C49H48FNO7. The Morgan fingerprint density at radius 1 is 0.603 bits per heavy atom. The lowest BCUT2D eigenvalue weighted by Crippen LogP contribution is -2.59. The molecule has 9 heteroatoms. The molecule has 0 aliphatic carbocycles. The molecule has 8 nitrogen and oxygen atoms in total. The molecular weight excluding hydrogens is 734 g/mol. The van der Waals surface area contributed by atoms with Crippen LogP contribution in [-0.2, 0) is 14.3 Å². The molecule has 1 rings (SSSR count). The highest BCUT2D eigenvalue weighted by atomic mass is 19.1. The van der Waals surface area contributed by atoms with Crippen LogP contribution < -0.4 is 5.32 Å². The van der Waals surface area contributed by atoms with Gasteiger partial charge in [0.1, 0.15) is 30.6 Å². The van der Waals surface area contributed by atoms with E-state index in [0.29, 0.717) is 6.42 Å². The lowest BCUT2D eigenvalue weighted by atomic mass is 9.99. The summed E-state index contributed by atoms with van der Waals surface area (Å²) in [6, 6.07) is -1.18. The molecule has 5 N–H and O–H groups in total. The second-order valence-corrected chi connectivity index (χ2v) is 12.4. The van der Waals surface area contributed by atoms with E-state index in [-0.39, 0.29) is 6.42 Å². The monoisotopic (exact) mass is 781 g/mol. The van der Waals surface area contributed by atoms with Crippen LogP contribution in [0.3, 0.4) is 0 Å². The van der Waals surface area contributed by atoms with E-state index >= 15 is 4.39 Å². The van der Waals surface area contributed by atoms with E-state index in [1.165, 1.54) is 44.9 Å². The number of ether oxygens (including phenoxy) is 2. The molecule has 0 bridgehead atoms. The molecule has 0 aromatic rings. The van der Waals surface area contributed by atoms with Crippen LogP contribution in [0.4, 0.5) is 4.39 Å². The number of halogens is 1. The van der Waals surface area contributed by atoms with Crippen molar-refractivity contribution in [2.24, 2.45) is 0 Å². The van der Waals surface area contributed by atoms with E-state index in [1.54, 1.807) is 6.92 Å². The Hall–Kier alpha value is -6.12. The van der Waals surface area contributed by atoms with Gasteiger partial charge in [0.25, 0.3) is 5.91 Å². The van der Waals surface area contributed by atoms with Gasteiger partial charge >= 0.3 is 0 Å². The second kappa shape index (κ2) is 35.3. The van der Waals surface area contributed by atoms with Crippen LogP contribution in [0.25, 0.3) is 0 Å². The van der Waals surface area contributed by atoms with Crippen LogP contribution in [0.15, 0.2) is 0 Å². The van der Waals surface area contributed by atoms with Crippen molar-refractivity contribution in [2.75, 3.05) is 13.2 Å². The minimum atomic E-state index is -1.67. The Morgan fingerprint density at radius 3 is 1.41 bits per heavy atom. The van der Waals surface area contributed by atoms with Gasteiger partial charge in [-0.05, 0) is 108 Å². The first-order chi connectivity index (χ1) is 28.3. The van der Waals surface area contributed by atoms with Crippen molar-refractivity contribution in [3.8, 4) is 142 Å². The molecule has 0 radical (unpaired) electrons. The van der Waals surface area contributed by atoms with E-state index in [4.69, 9.17) is 9.47 Å². The zero-order chi connectivity index (χ0) is 42.3. The van der Waals surface area contributed by atoms with Crippen LogP contribution in [0.2, 0.25) is 0 Å². The van der Waals surface area contributed by atoms with Crippen molar-refractivity contribution in [1.82, 2.24) is 5.32 Å². The first-order valence-corrected chi connectivity index (χ1v) is 19.1. The summed E-state index contributed by atoms with van der Waals surface area (Å²) in [5, 5.41) is 42.4. The van der Waals surface area contributed by atoms with Crippen LogP contribution in [0.5, 0.6) is 0 Å². The third-order valence-electron chi connectivity index (χ3n) is 7.99. The minimum Gasteiger partial charge on any atom is -0.394 e. The van der Waals surface area contributed by atoms with Gasteiger partial charge in [0, 0.05) is 41.4 Å². The largest absolute Gasteiger partial charge is 0.394 e. The van der Waals surface area contributed by atoms with Gasteiger partial charge in [0.05, 0.1) is 19.3 Å². The summed E-state index contributed by atoms with van der Waals surface area (Å²) in [6.45, 7) is 2.80. The highest BCUT2D eigenvalue weighted by molar-refractivity contribution is 5.94. The van der Waals surface area contributed by atoms with Crippen LogP contribution in [0.1, 0.15) is 97.3 Å². The molecule has 1 saturated heterocycles. The highest BCUT2D eigenvalue weighted by Gasteiger charge is 2.44. The molecule has 1 aliphatic rings. The predicted molar refractivity (Wildman–Crippen MR) is 221 cm³/mol. The summed E-state index contributed by atoms with van der Waals surface area (Å²) in [5.41, 5.74) is 0. The van der Waals surface area contributed by atoms with Gasteiger partial charge in [-0.2, -0.15) is 0 Å². The number of aliphatic hydroxyl groups is 4. The first kappa shape index (κ1) is 49.9. The summed E-state index contributed by atoms with van der Waals surface area (Å²) >= 11 is 0. The Kier molecular flexibility index (Phi) is 30.4. The smallest absolute Gasteiger partial charge is 0.297 e. The molecule has 1 heterocycles. The van der Waals surface area contributed by atoms with Gasteiger partial charge in [-0.3, -0.25) is 4.79 Å². The van der Waals surface area contributed by atoms with Gasteiger partial charge in [0.15, 0.2) is 6.29 Å². The topological polar surface area (TPSA) is 128 Å². The molecule has 298 valence electrons. The van der Waals surface area contributed by atoms with E-state index < -0.39 is 62.0 Å². The number of hydrogen-bond acceptors (Lipinski definition) is 7. The average molecular weight is 782 g/mol. The van der Waals surface area contributed by atoms with Gasteiger partial charge < -0.3 is 35.2 Å². The van der Waals surface area contributed by atoms with Crippen molar-refractivity contribution in [2.45, 2.75) is 140 Å². The fourth-order valence-electron chi connectivity index (χ4n) is 5.00. The van der Waals surface area contributed by atoms with E-state index in [1.807, 2.05) is 0 Å². The standard InChI is InChI=1S/C49H48FNO7/c1-3-5-7-9-11-13-15-17-18-19-20-21-22-23-24-25-26-27-29-31-33-35-37-39-45(53)51-43(41-57-49-48(56)47(55)46(54)44(40-52)58-49)42(50)38-36-34-32-30-28-16-14-12-10-8-6-4-2/h42-44,46-49,52,54-56H,4,6,8,10,12,14,16,28,30,32,34,36,38,40-41H2,1-2H3,(H,51,53)/t42-,43+,44?,46+,47+,48?,49+/m1/s1. The van der Waals surface area contributed by atoms with E-state index in [2.05, 4.69) is 154 Å². The number of alkyl halides is 1. The Labute approximate surface area is 345 Å². The number of hydrogen-bond donors (Lipinski definition) is 5. The minimum absolute atomic E-state index is 0.144. The average Bonchev–Trinajstić information content (AvgIpc) is 3.22. The third-order valence-corrected chi connectivity index (χ3v) is 7.99. The van der Waals surface area contributed by atoms with Gasteiger partial charge in [-0.25, -0.2) is 4.39 Å². The first-order valence-electron chi connectivity index (χ1n) is 19.1. The Balaban J connectivity index is 2.68. The second-order valence-electron chi connectivity index (χ2n) is 12.4. The maximum atomic E-state index is 15.5. The Bertz CT molecular complexity index is 2090. The molecule has 0 saturated carbocycles. The number of rotatable bonds is 19. The fourth-order valence-corrected chi connectivity index (χ4v) is 5.00. The lowest BCUT2D eigenvalue weighted by molar-refractivity contribution is -0.302. The van der Waals surface area contributed by atoms with Crippen molar-refractivity contribution >= 4 is 5.91 Å². The van der Waals surface area contributed by atoms with Crippen molar-refractivity contribution in [3.05, 3.63) is 0 Å². The predicted octanol–water partition coefficient (Wildman–Crippen LogP) is 2.78. The lowest BCUT2D eigenvalue weighted by Gasteiger charge is -2.40. The maximum absolute atomic E-state index is 15.5. The molecule has 7 atom stereocenters. The van der Waals surface area contributed by atoms with Crippen LogP contribution in [-0.4, -0.2) is 82.5 Å². The summed E-state index contributed by atoms with van der Waals surface area (Å²) in [5.74, 6) is 58.5. The number of carbonyl (C=O) groups is 1. The highest BCUT2D eigenvalue weighted by Crippen LogP contribution is 2.23. The normalized spacial score (nSPS) is 17.4. The zero-order valence-corrected chi connectivity index (χ0v) is 33.0. The molecule has 1 amide bonds. The summed E-state index contributed by atoms with van der Waals surface area (Å²) in [7, 11) is 0. The number of unbranched alkanes of at least 4 members (excludes halogenated alkanes) is 11. The van der Waals surface area contributed by atoms with E-state index in [0.717, 1.165) is 25.7 Å². The third kappa shape index (κ3) is 25.9. The summed E-state index contributed by atoms with van der Waals surface area (Å²) < 4.78 is 26.4.